The average Bonchev–Trinajstić information content (AvgIpc) is 2.46. The minimum absolute atomic E-state index is 0.188. The van der Waals surface area contributed by atoms with Crippen molar-refractivity contribution in [3.63, 3.8) is 0 Å². The Morgan fingerprint density at radius 1 is 1.50 bits per heavy atom. The Bertz CT molecular complexity index is 335. The van der Waals surface area contributed by atoms with Crippen molar-refractivity contribution in [1.82, 2.24) is 0 Å². The lowest BCUT2D eigenvalue weighted by Gasteiger charge is -2.08. The van der Waals surface area contributed by atoms with Crippen molar-refractivity contribution in [2.75, 3.05) is 6.61 Å². The van der Waals surface area contributed by atoms with Gasteiger partial charge in [-0.2, -0.15) is 0 Å². The van der Waals surface area contributed by atoms with E-state index in [2.05, 4.69) is 0 Å². The smallest absolute Gasteiger partial charge is 0.167 e. The minimum Gasteiger partial charge on any atom is -0.490 e. The molecule has 0 bridgehead atoms. The summed E-state index contributed by atoms with van der Waals surface area (Å²) in [5, 5.41) is 9.76. The summed E-state index contributed by atoms with van der Waals surface area (Å²) in [7, 11) is 0. The number of para-hydroxylation sites is 1. The van der Waals surface area contributed by atoms with Crippen molar-refractivity contribution < 1.29 is 14.6 Å². The number of rotatable bonds is 2. The van der Waals surface area contributed by atoms with E-state index in [1.165, 1.54) is 0 Å². The first kappa shape index (κ1) is 9.34. The molecule has 2 atom stereocenters. The number of hydrogen-bond acceptors (Lipinski definition) is 3. The molecule has 0 saturated carbocycles. The van der Waals surface area contributed by atoms with Crippen LogP contribution in [0.1, 0.15) is 25.5 Å². The Balaban J connectivity index is 2.40. The van der Waals surface area contributed by atoms with Crippen molar-refractivity contribution >= 4 is 0 Å². The summed E-state index contributed by atoms with van der Waals surface area (Å²) in [6, 6.07) is 5.59. The maximum absolute atomic E-state index is 9.76. The fourth-order valence-corrected chi connectivity index (χ4v) is 1.66. The Morgan fingerprint density at radius 2 is 2.29 bits per heavy atom. The Morgan fingerprint density at radius 3 is 3.00 bits per heavy atom. The van der Waals surface area contributed by atoms with Crippen LogP contribution in [-0.2, 0) is 0 Å². The van der Waals surface area contributed by atoms with Crippen LogP contribution in [0.25, 0.3) is 0 Å². The van der Waals surface area contributed by atoms with Gasteiger partial charge in [0.25, 0.3) is 0 Å². The van der Waals surface area contributed by atoms with E-state index in [1.54, 1.807) is 0 Å². The maximum Gasteiger partial charge on any atom is 0.167 e. The number of fused-ring (bicyclic) bond motifs is 1. The quantitative estimate of drug-likeness (QED) is 0.781. The van der Waals surface area contributed by atoms with Crippen LogP contribution in [0.5, 0.6) is 11.5 Å². The number of hydrogen-bond donors (Lipinski definition) is 1. The standard InChI is InChI=1S/C11H14O3/c1-3-13-9-6-4-5-8-10(12)7(2)14-11(8)9/h4-7,10,12H,3H2,1-2H3. The molecule has 3 nitrogen and oxygen atoms in total. The van der Waals surface area contributed by atoms with Crippen molar-refractivity contribution in [3.8, 4) is 11.5 Å². The molecule has 76 valence electrons. The maximum atomic E-state index is 9.76. The molecular weight excluding hydrogens is 180 g/mol. The minimum atomic E-state index is -0.537. The first-order valence-electron chi connectivity index (χ1n) is 4.84. The van der Waals surface area contributed by atoms with E-state index in [9.17, 15) is 5.11 Å². The summed E-state index contributed by atoms with van der Waals surface area (Å²) in [4.78, 5) is 0. The molecule has 1 aromatic carbocycles. The van der Waals surface area contributed by atoms with Gasteiger partial charge in [-0.05, 0) is 19.9 Å². The molecular formula is C11H14O3. The predicted octanol–water partition coefficient (Wildman–Crippen LogP) is 1.90. The molecule has 0 aromatic heterocycles. The molecule has 1 aromatic rings. The van der Waals surface area contributed by atoms with Crippen LogP contribution in [0.2, 0.25) is 0 Å². The van der Waals surface area contributed by atoms with E-state index in [-0.39, 0.29) is 6.10 Å². The lowest BCUT2D eigenvalue weighted by molar-refractivity contribution is 0.0784. The lowest BCUT2D eigenvalue weighted by Crippen LogP contribution is -2.12. The zero-order chi connectivity index (χ0) is 10.1. The van der Waals surface area contributed by atoms with Crippen LogP contribution >= 0.6 is 0 Å². The van der Waals surface area contributed by atoms with Gasteiger partial charge in [0.1, 0.15) is 12.2 Å². The molecule has 14 heavy (non-hydrogen) atoms. The number of ether oxygens (including phenoxy) is 2. The second kappa shape index (κ2) is 3.50. The fraction of sp³-hybridized carbons (Fsp3) is 0.455. The van der Waals surface area contributed by atoms with Crippen molar-refractivity contribution in [2.24, 2.45) is 0 Å². The monoisotopic (exact) mass is 194 g/mol. The Hall–Kier alpha value is -1.22. The molecule has 2 rings (SSSR count). The first-order valence-corrected chi connectivity index (χ1v) is 4.84. The van der Waals surface area contributed by atoms with Gasteiger partial charge in [0.15, 0.2) is 11.5 Å². The summed E-state index contributed by atoms with van der Waals surface area (Å²) in [5.74, 6) is 1.41. The van der Waals surface area contributed by atoms with Gasteiger partial charge in [0.2, 0.25) is 0 Å². The highest BCUT2D eigenvalue weighted by molar-refractivity contribution is 5.50. The van der Waals surface area contributed by atoms with Gasteiger partial charge >= 0.3 is 0 Å². The molecule has 1 heterocycles. The molecule has 0 aliphatic carbocycles. The second-order valence-electron chi connectivity index (χ2n) is 3.38. The zero-order valence-corrected chi connectivity index (χ0v) is 8.36. The third-order valence-corrected chi connectivity index (χ3v) is 2.38. The molecule has 1 aliphatic heterocycles. The number of benzene rings is 1. The van der Waals surface area contributed by atoms with Crippen molar-refractivity contribution in [3.05, 3.63) is 23.8 Å². The summed E-state index contributed by atoms with van der Waals surface area (Å²) < 4.78 is 10.9. The summed E-state index contributed by atoms with van der Waals surface area (Å²) in [5.41, 5.74) is 0.823. The van der Waals surface area contributed by atoms with Crippen molar-refractivity contribution in [2.45, 2.75) is 26.1 Å². The number of aliphatic hydroxyl groups is 1. The van der Waals surface area contributed by atoms with Gasteiger partial charge in [-0.1, -0.05) is 12.1 Å². The highest BCUT2D eigenvalue weighted by atomic mass is 16.5. The van der Waals surface area contributed by atoms with Crippen LogP contribution in [0.15, 0.2) is 18.2 Å². The highest BCUT2D eigenvalue weighted by Gasteiger charge is 2.31. The largest absolute Gasteiger partial charge is 0.490 e. The SMILES string of the molecule is CCOc1cccc2c1OC(C)C2O. The first-order chi connectivity index (χ1) is 6.74. The highest BCUT2D eigenvalue weighted by Crippen LogP contribution is 2.42. The van der Waals surface area contributed by atoms with E-state index in [4.69, 9.17) is 9.47 Å². The number of aliphatic hydroxyl groups excluding tert-OH is 1. The molecule has 0 spiro atoms. The van der Waals surface area contributed by atoms with E-state index < -0.39 is 6.10 Å². The molecule has 0 radical (unpaired) electrons. The van der Waals surface area contributed by atoms with E-state index in [0.29, 0.717) is 18.1 Å². The van der Waals surface area contributed by atoms with Crippen LogP contribution in [-0.4, -0.2) is 17.8 Å². The third-order valence-electron chi connectivity index (χ3n) is 2.38. The van der Waals surface area contributed by atoms with Gasteiger partial charge in [-0.25, -0.2) is 0 Å². The van der Waals surface area contributed by atoms with Crippen LogP contribution < -0.4 is 9.47 Å². The van der Waals surface area contributed by atoms with Crippen LogP contribution in [0.3, 0.4) is 0 Å². The summed E-state index contributed by atoms with van der Waals surface area (Å²) in [6.07, 6.45) is -0.725. The molecule has 1 N–H and O–H groups in total. The molecule has 0 saturated heterocycles. The lowest BCUT2D eigenvalue weighted by atomic mass is 10.1. The topological polar surface area (TPSA) is 38.7 Å². The summed E-state index contributed by atoms with van der Waals surface area (Å²) in [6.45, 7) is 4.37. The predicted molar refractivity (Wildman–Crippen MR) is 52.7 cm³/mol. The van der Waals surface area contributed by atoms with Gasteiger partial charge in [0.05, 0.1) is 6.61 Å². The molecule has 3 heteroatoms. The van der Waals surface area contributed by atoms with Gasteiger partial charge in [-0.15, -0.1) is 0 Å². The third kappa shape index (κ3) is 1.34. The van der Waals surface area contributed by atoms with Gasteiger partial charge in [0, 0.05) is 5.56 Å². The average molecular weight is 194 g/mol. The van der Waals surface area contributed by atoms with Crippen LogP contribution in [0, 0.1) is 0 Å². The summed E-state index contributed by atoms with van der Waals surface area (Å²) >= 11 is 0. The fourth-order valence-electron chi connectivity index (χ4n) is 1.66. The Kier molecular flexibility index (Phi) is 2.33. The zero-order valence-electron chi connectivity index (χ0n) is 8.36. The molecule has 1 aliphatic rings. The van der Waals surface area contributed by atoms with Gasteiger partial charge in [-0.3, -0.25) is 0 Å². The van der Waals surface area contributed by atoms with Crippen molar-refractivity contribution in [1.29, 1.82) is 0 Å². The molecule has 0 amide bonds. The second-order valence-corrected chi connectivity index (χ2v) is 3.38. The Labute approximate surface area is 83.3 Å². The molecule has 2 unspecified atom stereocenters. The van der Waals surface area contributed by atoms with Crippen LogP contribution in [0.4, 0.5) is 0 Å². The van der Waals surface area contributed by atoms with Gasteiger partial charge < -0.3 is 14.6 Å². The normalized spacial score (nSPS) is 24.2. The van der Waals surface area contributed by atoms with E-state index in [1.807, 2.05) is 32.0 Å². The van der Waals surface area contributed by atoms with E-state index in [0.717, 1.165) is 5.56 Å². The molecule has 0 fully saturated rings. The van der Waals surface area contributed by atoms with E-state index >= 15 is 0 Å².